The Morgan fingerprint density at radius 2 is 2.00 bits per heavy atom. The number of Topliss-reactive ketones (excluding diaryl/α,β-unsaturated/α-hetero) is 1. The zero-order chi connectivity index (χ0) is 21.5. The van der Waals surface area contributed by atoms with E-state index in [4.69, 9.17) is 0 Å². The number of nitrogens with one attached hydrogen (secondary N) is 1. The highest BCUT2D eigenvalue weighted by atomic mass is 32.1. The molecule has 1 atom stereocenters. The molecule has 1 fully saturated rings. The lowest BCUT2D eigenvalue weighted by Crippen LogP contribution is -2.30. The summed E-state index contributed by atoms with van der Waals surface area (Å²) in [6.07, 6.45) is 1.96. The molecular formula is C22H24FN3O3S. The number of benzene rings is 1. The lowest BCUT2D eigenvalue weighted by molar-refractivity contribution is -0.128. The number of rotatable bonds is 5. The summed E-state index contributed by atoms with van der Waals surface area (Å²) >= 11 is 1.22. The van der Waals surface area contributed by atoms with Crippen LogP contribution < -0.4 is 5.32 Å². The fourth-order valence-corrected chi connectivity index (χ4v) is 4.98. The van der Waals surface area contributed by atoms with Crippen LogP contribution in [-0.4, -0.2) is 40.6 Å². The molecule has 0 unspecified atom stereocenters. The van der Waals surface area contributed by atoms with Crippen LogP contribution in [0, 0.1) is 17.2 Å². The van der Waals surface area contributed by atoms with Gasteiger partial charge in [0.15, 0.2) is 10.9 Å². The van der Waals surface area contributed by atoms with Gasteiger partial charge in [0.05, 0.1) is 16.5 Å². The van der Waals surface area contributed by atoms with E-state index in [-0.39, 0.29) is 35.3 Å². The van der Waals surface area contributed by atoms with Crippen LogP contribution in [-0.2, 0) is 22.4 Å². The van der Waals surface area contributed by atoms with Gasteiger partial charge >= 0.3 is 0 Å². The van der Waals surface area contributed by atoms with Crippen LogP contribution in [0.1, 0.15) is 47.6 Å². The van der Waals surface area contributed by atoms with Gasteiger partial charge in [-0.3, -0.25) is 14.4 Å². The van der Waals surface area contributed by atoms with E-state index in [1.807, 2.05) is 13.8 Å². The number of carbonyl (C=O) groups excluding carboxylic acids is 3. The maximum absolute atomic E-state index is 13.0. The predicted octanol–water partition coefficient (Wildman–Crippen LogP) is 3.47. The van der Waals surface area contributed by atoms with Gasteiger partial charge in [-0.25, -0.2) is 9.37 Å². The molecule has 0 radical (unpaired) electrons. The molecule has 6 nitrogen and oxygen atoms in total. The quantitative estimate of drug-likeness (QED) is 0.789. The lowest BCUT2D eigenvalue weighted by Gasteiger charge is -2.26. The summed E-state index contributed by atoms with van der Waals surface area (Å²) in [4.78, 5) is 44.1. The number of halogens is 1. The first-order chi connectivity index (χ1) is 14.2. The molecule has 2 amide bonds. The Morgan fingerprint density at radius 1 is 1.27 bits per heavy atom. The molecule has 1 aromatic carbocycles. The van der Waals surface area contributed by atoms with Crippen molar-refractivity contribution in [2.75, 3.05) is 18.4 Å². The topological polar surface area (TPSA) is 79.4 Å². The van der Waals surface area contributed by atoms with Gasteiger partial charge in [0.1, 0.15) is 5.82 Å². The number of fused-ring (bicyclic) bond motifs is 1. The second kappa shape index (κ2) is 7.91. The number of aromatic nitrogens is 1. The molecule has 2 aromatic rings. The first kappa shape index (κ1) is 20.7. The van der Waals surface area contributed by atoms with Crippen molar-refractivity contribution in [3.05, 3.63) is 46.2 Å². The van der Waals surface area contributed by atoms with E-state index in [2.05, 4.69) is 10.3 Å². The number of hydrogen-bond donors (Lipinski definition) is 1. The highest BCUT2D eigenvalue weighted by Gasteiger charge is 2.36. The molecule has 8 heteroatoms. The maximum Gasteiger partial charge on any atom is 0.231 e. The van der Waals surface area contributed by atoms with Crippen molar-refractivity contribution in [1.29, 1.82) is 0 Å². The molecule has 1 saturated heterocycles. The Hall–Kier alpha value is -2.61. The van der Waals surface area contributed by atoms with Gasteiger partial charge < -0.3 is 10.2 Å². The van der Waals surface area contributed by atoms with Crippen LogP contribution in [0.25, 0.3) is 0 Å². The fourth-order valence-electron chi connectivity index (χ4n) is 4.06. The standard InChI is InChI=1S/C22H24FN3O3S/c1-22(2)10-16-19(17(27)11-22)30-21(24-16)25-20(29)14-9-18(28)26(12-14)8-7-13-3-5-15(23)6-4-13/h3-6,14H,7-12H2,1-2H3,(H,24,25,29)/t14-/m1/s1. The molecule has 1 aliphatic heterocycles. The molecule has 2 heterocycles. The lowest BCUT2D eigenvalue weighted by atomic mass is 9.78. The van der Waals surface area contributed by atoms with Gasteiger partial charge in [0.25, 0.3) is 0 Å². The third-order valence-corrected chi connectivity index (χ3v) is 6.69. The Balaban J connectivity index is 1.35. The molecule has 2 aliphatic rings. The van der Waals surface area contributed by atoms with E-state index in [0.29, 0.717) is 42.4 Å². The Labute approximate surface area is 178 Å². The normalized spacial score (nSPS) is 20.4. The number of ketones is 1. The minimum atomic E-state index is -0.446. The van der Waals surface area contributed by atoms with Gasteiger partial charge in [0, 0.05) is 25.9 Å². The summed E-state index contributed by atoms with van der Waals surface area (Å²) in [6.45, 7) is 4.92. The second-order valence-electron chi connectivity index (χ2n) is 8.84. The first-order valence-electron chi connectivity index (χ1n) is 10.1. The van der Waals surface area contributed by atoms with Crippen LogP contribution in [0.15, 0.2) is 24.3 Å². The molecular weight excluding hydrogens is 405 g/mol. The maximum atomic E-state index is 13.0. The molecule has 0 saturated carbocycles. The van der Waals surface area contributed by atoms with Crippen LogP contribution in [0.4, 0.5) is 9.52 Å². The fraction of sp³-hybridized carbons (Fsp3) is 0.455. The average molecular weight is 430 g/mol. The highest BCUT2D eigenvalue weighted by Crippen LogP contribution is 2.38. The summed E-state index contributed by atoms with van der Waals surface area (Å²) in [5.74, 6) is -0.971. The van der Waals surface area contributed by atoms with Crippen LogP contribution in [0.2, 0.25) is 0 Å². The monoisotopic (exact) mass is 429 g/mol. The van der Waals surface area contributed by atoms with Crippen molar-refractivity contribution in [3.63, 3.8) is 0 Å². The molecule has 0 bridgehead atoms. The van der Waals surface area contributed by atoms with E-state index in [1.165, 1.54) is 23.5 Å². The summed E-state index contributed by atoms with van der Waals surface area (Å²) in [7, 11) is 0. The minimum Gasteiger partial charge on any atom is -0.342 e. The van der Waals surface area contributed by atoms with Crippen molar-refractivity contribution in [2.45, 2.75) is 39.5 Å². The summed E-state index contributed by atoms with van der Waals surface area (Å²) in [5, 5.41) is 3.23. The van der Waals surface area contributed by atoms with Crippen molar-refractivity contribution < 1.29 is 18.8 Å². The van der Waals surface area contributed by atoms with Crippen LogP contribution >= 0.6 is 11.3 Å². The average Bonchev–Trinajstić information content (AvgIpc) is 3.23. The van der Waals surface area contributed by atoms with Gasteiger partial charge in [0.2, 0.25) is 11.8 Å². The second-order valence-corrected chi connectivity index (χ2v) is 9.84. The minimum absolute atomic E-state index is 0.0624. The number of amides is 2. The number of carbonyl (C=O) groups is 3. The smallest absolute Gasteiger partial charge is 0.231 e. The van der Waals surface area contributed by atoms with Crippen molar-refractivity contribution in [3.8, 4) is 0 Å². The van der Waals surface area contributed by atoms with Gasteiger partial charge in [-0.1, -0.05) is 37.3 Å². The van der Waals surface area contributed by atoms with E-state index < -0.39 is 5.92 Å². The summed E-state index contributed by atoms with van der Waals surface area (Å²) in [5.41, 5.74) is 1.57. The number of nitrogens with zero attached hydrogens (tertiary/aromatic N) is 2. The van der Waals surface area contributed by atoms with Gasteiger partial charge in [-0.2, -0.15) is 0 Å². The predicted molar refractivity (Wildman–Crippen MR) is 112 cm³/mol. The van der Waals surface area contributed by atoms with E-state index in [9.17, 15) is 18.8 Å². The van der Waals surface area contributed by atoms with Crippen LogP contribution in [0.3, 0.4) is 0 Å². The number of anilines is 1. The molecule has 4 rings (SSSR count). The molecule has 158 valence electrons. The van der Waals surface area contributed by atoms with E-state index >= 15 is 0 Å². The number of hydrogen-bond acceptors (Lipinski definition) is 5. The Morgan fingerprint density at radius 3 is 2.73 bits per heavy atom. The highest BCUT2D eigenvalue weighted by molar-refractivity contribution is 7.17. The van der Waals surface area contributed by atoms with Crippen molar-refractivity contribution >= 4 is 34.1 Å². The van der Waals surface area contributed by atoms with E-state index in [1.54, 1.807) is 17.0 Å². The molecule has 1 N–H and O–H groups in total. The zero-order valence-electron chi connectivity index (χ0n) is 17.0. The Bertz CT molecular complexity index is 1000. The van der Waals surface area contributed by atoms with E-state index in [0.717, 1.165) is 11.3 Å². The number of thiazole rings is 1. The SMILES string of the molecule is CC1(C)CC(=O)c2sc(NC(=O)[C@@H]3CC(=O)N(CCc4ccc(F)cc4)C3)nc2C1. The Kier molecular flexibility index (Phi) is 5.44. The first-order valence-corrected chi connectivity index (χ1v) is 10.9. The largest absolute Gasteiger partial charge is 0.342 e. The van der Waals surface area contributed by atoms with Gasteiger partial charge in [-0.05, 0) is 36.0 Å². The van der Waals surface area contributed by atoms with Crippen molar-refractivity contribution in [1.82, 2.24) is 9.88 Å². The number of likely N-dealkylation sites (tertiary alicyclic amines) is 1. The molecule has 1 aliphatic carbocycles. The third kappa shape index (κ3) is 4.43. The van der Waals surface area contributed by atoms with Gasteiger partial charge in [-0.15, -0.1) is 0 Å². The molecule has 30 heavy (non-hydrogen) atoms. The molecule has 0 spiro atoms. The van der Waals surface area contributed by atoms with Crippen LogP contribution in [0.5, 0.6) is 0 Å². The zero-order valence-corrected chi connectivity index (χ0v) is 17.9. The van der Waals surface area contributed by atoms with Crippen molar-refractivity contribution in [2.24, 2.45) is 11.3 Å². The summed E-state index contributed by atoms with van der Waals surface area (Å²) in [6, 6.07) is 6.20. The third-order valence-electron chi connectivity index (χ3n) is 5.63. The summed E-state index contributed by atoms with van der Waals surface area (Å²) < 4.78 is 13.0. The molecule has 1 aromatic heterocycles.